The summed E-state index contributed by atoms with van der Waals surface area (Å²) in [7, 11) is 3.53. The molecule has 4 atom stereocenters. The fraction of sp³-hybridized carbons (Fsp3) is 0.593. The summed E-state index contributed by atoms with van der Waals surface area (Å²) in [6, 6.07) is 3.35. The van der Waals surface area contributed by atoms with Crippen molar-refractivity contribution in [2.45, 2.75) is 65.5 Å². The van der Waals surface area contributed by atoms with E-state index in [9.17, 15) is 19.6 Å². The van der Waals surface area contributed by atoms with Crippen molar-refractivity contribution in [3.63, 3.8) is 0 Å². The van der Waals surface area contributed by atoms with Gasteiger partial charge >= 0.3 is 17.9 Å². The first-order valence-electron chi connectivity index (χ1n) is 13.4. The molecule has 216 valence electrons. The van der Waals surface area contributed by atoms with Crippen LogP contribution in [0, 0.1) is 29.1 Å². The Kier molecular flexibility index (Phi) is 8.99. The minimum atomic E-state index is -2.12. The van der Waals surface area contributed by atoms with Crippen LogP contribution >= 0.6 is 0 Å². The largest absolute Gasteiger partial charge is 0.463 e. The van der Waals surface area contributed by atoms with Gasteiger partial charge in [0.15, 0.2) is 18.0 Å². The Morgan fingerprint density at radius 2 is 1.80 bits per heavy atom. The number of fused-ring (bicyclic) bond motifs is 1. The van der Waals surface area contributed by atoms with E-state index in [1.54, 1.807) is 60.5 Å². The Labute approximate surface area is 234 Å². The molecule has 1 fully saturated rings. The Morgan fingerprint density at radius 3 is 2.38 bits per heavy atom. The fourth-order valence-electron chi connectivity index (χ4n) is 3.81. The zero-order chi connectivity index (χ0) is 30.6. The maximum Gasteiger partial charge on any atom is 0.308 e. The lowest BCUT2D eigenvalue weighted by atomic mass is 9.91. The number of nitrogens with zero attached hydrogens (tertiary/aromatic N) is 6. The van der Waals surface area contributed by atoms with Crippen LogP contribution in [0.25, 0.3) is 5.52 Å². The van der Waals surface area contributed by atoms with E-state index in [1.807, 2.05) is 0 Å². The second kappa shape index (κ2) is 12.4. The van der Waals surface area contributed by atoms with Gasteiger partial charge in [-0.25, -0.2) is 14.5 Å². The molecule has 0 aliphatic carbocycles. The molecule has 1 aliphatic heterocycles. The van der Waals surface area contributed by atoms with Crippen LogP contribution in [0.2, 0.25) is 0 Å². The number of carbonyl (C=O) groups excluding carboxylic acids is 3. The van der Waals surface area contributed by atoms with Crippen LogP contribution in [-0.2, 0) is 38.9 Å². The molecule has 3 rings (SSSR count). The van der Waals surface area contributed by atoms with Crippen LogP contribution in [0.4, 0.5) is 5.82 Å². The van der Waals surface area contributed by atoms with Gasteiger partial charge in [0.1, 0.15) is 30.6 Å². The molecule has 0 radical (unpaired) electrons. The van der Waals surface area contributed by atoms with E-state index in [0.717, 1.165) is 0 Å². The van der Waals surface area contributed by atoms with E-state index in [0.29, 0.717) is 0 Å². The van der Waals surface area contributed by atoms with Crippen molar-refractivity contribution in [1.82, 2.24) is 19.5 Å². The molecule has 0 bridgehead atoms. The van der Waals surface area contributed by atoms with Gasteiger partial charge in [-0.1, -0.05) is 41.5 Å². The van der Waals surface area contributed by atoms with Crippen molar-refractivity contribution in [3.05, 3.63) is 24.1 Å². The Bertz CT molecular complexity index is 1370. The van der Waals surface area contributed by atoms with Gasteiger partial charge in [0.25, 0.3) is 0 Å². The van der Waals surface area contributed by atoms with E-state index >= 15 is 0 Å². The number of aliphatic imine (C=N–C) groups is 1. The molecule has 0 saturated carbocycles. The Morgan fingerprint density at radius 1 is 1.18 bits per heavy atom. The van der Waals surface area contributed by atoms with Crippen molar-refractivity contribution in [1.29, 1.82) is 5.26 Å². The van der Waals surface area contributed by atoms with Crippen molar-refractivity contribution < 1.29 is 34.7 Å². The Hall–Kier alpha value is -4.05. The predicted molar refractivity (Wildman–Crippen MR) is 142 cm³/mol. The zero-order valence-electron chi connectivity index (χ0n) is 24.9. The second-order valence-electron chi connectivity index (χ2n) is 10.6. The highest BCUT2D eigenvalue weighted by molar-refractivity contribution is 5.74. The topological polar surface area (TPSA) is 158 Å². The number of ether oxygens (including phenoxy) is 4. The summed E-state index contributed by atoms with van der Waals surface area (Å²) < 4.78 is 33.2. The van der Waals surface area contributed by atoms with Gasteiger partial charge in [0.2, 0.25) is 5.60 Å². The van der Waals surface area contributed by atoms with Crippen LogP contribution in [0.1, 0.15) is 48.6 Å². The third-order valence-corrected chi connectivity index (χ3v) is 6.00. The molecule has 0 spiro atoms. The van der Waals surface area contributed by atoms with Gasteiger partial charge in [0, 0.05) is 14.1 Å². The van der Waals surface area contributed by atoms with E-state index in [2.05, 4.69) is 21.1 Å². The highest BCUT2D eigenvalue weighted by Crippen LogP contribution is 2.44. The van der Waals surface area contributed by atoms with E-state index < -0.39 is 66.2 Å². The van der Waals surface area contributed by atoms with Crippen molar-refractivity contribution in [2.24, 2.45) is 22.7 Å². The molecule has 0 unspecified atom stereocenters. The maximum atomic E-state index is 12.9. The lowest BCUT2D eigenvalue weighted by molar-refractivity contribution is -0.174. The van der Waals surface area contributed by atoms with Crippen LogP contribution in [0.15, 0.2) is 23.4 Å². The standard InChI is InChI=1S/C27H36N6O7/c1-15(2)24(34)37-11-19-21(38-25(35)16(3)4)22(39-26(36)17(5)6)27(12-28,40-19)20-10-9-18-23(30-14-32(7)8)29-13-31-33(18)20/h9-10,13-17,19,21-22H,11H2,1-8H3/t19-,21-,22-,27+/m1/s1/i9D. The van der Waals surface area contributed by atoms with Crippen LogP contribution in [-0.4, -0.2) is 82.8 Å². The van der Waals surface area contributed by atoms with Crippen molar-refractivity contribution in [2.75, 3.05) is 20.7 Å². The first-order chi connectivity index (χ1) is 19.2. The summed E-state index contributed by atoms with van der Waals surface area (Å²) in [5.74, 6) is -3.32. The molecule has 0 amide bonds. The average Bonchev–Trinajstić information content (AvgIpc) is 3.41. The van der Waals surface area contributed by atoms with Gasteiger partial charge in [0.05, 0.1) is 31.2 Å². The summed E-state index contributed by atoms with van der Waals surface area (Å²) >= 11 is 0. The first kappa shape index (κ1) is 28.9. The third-order valence-electron chi connectivity index (χ3n) is 6.00. The number of nitriles is 1. The number of esters is 3. The monoisotopic (exact) mass is 557 g/mol. The van der Waals surface area contributed by atoms with Crippen LogP contribution in [0.5, 0.6) is 0 Å². The number of rotatable bonds is 10. The minimum Gasteiger partial charge on any atom is -0.463 e. The molecule has 13 heteroatoms. The van der Waals surface area contributed by atoms with Gasteiger partial charge < -0.3 is 23.8 Å². The molecule has 40 heavy (non-hydrogen) atoms. The van der Waals surface area contributed by atoms with E-state index in [-0.39, 0.29) is 23.1 Å². The Balaban J connectivity index is 2.24. The molecule has 1 saturated heterocycles. The summed E-state index contributed by atoms with van der Waals surface area (Å²) in [6.45, 7) is 9.38. The number of aromatic nitrogens is 3. The maximum absolute atomic E-state index is 12.9. The van der Waals surface area contributed by atoms with Gasteiger partial charge in [-0.15, -0.1) is 0 Å². The molecule has 0 aromatic carbocycles. The first-order valence-corrected chi connectivity index (χ1v) is 12.9. The van der Waals surface area contributed by atoms with Crippen LogP contribution in [0.3, 0.4) is 0 Å². The third kappa shape index (κ3) is 6.22. The van der Waals surface area contributed by atoms with Gasteiger partial charge in [-0.05, 0) is 12.1 Å². The summed E-state index contributed by atoms with van der Waals surface area (Å²) in [5, 5.41) is 14.9. The molecule has 3 heterocycles. The zero-order valence-corrected chi connectivity index (χ0v) is 23.9. The quantitative estimate of drug-likeness (QED) is 0.183. The van der Waals surface area contributed by atoms with E-state index in [4.69, 9.17) is 20.3 Å². The second-order valence-corrected chi connectivity index (χ2v) is 10.6. The molecule has 0 N–H and O–H groups in total. The van der Waals surface area contributed by atoms with Crippen LogP contribution < -0.4 is 0 Å². The summed E-state index contributed by atoms with van der Waals surface area (Å²) in [5.41, 5.74) is -1.94. The normalized spacial score (nSPS) is 23.1. The molecule has 1 aliphatic rings. The van der Waals surface area contributed by atoms with Gasteiger partial charge in [-0.2, -0.15) is 10.4 Å². The molecular weight excluding hydrogens is 520 g/mol. The highest BCUT2D eigenvalue weighted by Gasteiger charge is 2.63. The lowest BCUT2D eigenvalue weighted by Gasteiger charge is -2.29. The molecule has 2 aromatic heterocycles. The van der Waals surface area contributed by atoms with Crippen molar-refractivity contribution in [3.8, 4) is 6.07 Å². The average molecular weight is 558 g/mol. The molecular formula is C27H36N6O7. The highest BCUT2D eigenvalue weighted by atomic mass is 16.7. The summed E-state index contributed by atoms with van der Waals surface area (Å²) in [6.07, 6.45) is -1.34. The number of hydrogen-bond acceptors (Lipinski definition) is 11. The number of carbonyl (C=O) groups is 3. The molecule has 2 aromatic rings. The lowest BCUT2D eigenvalue weighted by Crippen LogP contribution is -2.47. The number of hydrogen-bond donors (Lipinski definition) is 0. The predicted octanol–water partition coefficient (Wildman–Crippen LogP) is 2.40. The SMILES string of the molecule is [2H]c1cc([C@]2(C#N)O[C@H](COC(=O)C(C)C)[C@@H](OC(=O)C(C)C)[C@H]2OC(=O)C(C)C)n2ncnc(N=CN(C)C)c12. The summed E-state index contributed by atoms with van der Waals surface area (Å²) in [4.78, 5) is 48.2. The minimum absolute atomic E-state index is 0.0218. The smallest absolute Gasteiger partial charge is 0.308 e. The fourth-order valence-corrected chi connectivity index (χ4v) is 3.81. The molecule has 13 nitrogen and oxygen atoms in total. The van der Waals surface area contributed by atoms with Crippen molar-refractivity contribution >= 4 is 35.6 Å². The van der Waals surface area contributed by atoms with E-state index in [1.165, 1.54) is 23.2 Å². The van der Waals surface area contributed by atoms with Gasteiger partial charge in [-0.3, -0.25) is 14.4 Å².